The maximum absolute atomic E-state index is 13.1. The fourth-order valence-corrected chi connectivity index (χ4v) is 1.98. The average molecular weight is 312 g/mol. The summed E-state index contributed by atoms with van der Waals surface area (Å²) in [4.78, 5) is 0. The number of anilines is 1. The van der Waals surface area contributed by atoms with Crippen LogP contribution in [0, 0.1) is 6.92 Å². The molecule has 0 aliphatic rings. The number of benzene rings is 1. The molecule has 0 atom stereocenters. The third kappa shape index (κ3) is 3.64. The zero-order valence-corrected chi connectivity index (χ0v) is 12.1. The van der Waals surface area contributed by atoms with Crippen LogP contribution < -0.4 is 15.6 Å². The number of ether oxygens (including phenoxy) is 1. The van der Waals surface area contributed by atoms with Crippen molar-refractivity contribution in [1.29, 1.82) is 0 Å². The summed E-state index contributed by atoms with van der Waals surface area (Å²) >= 11 is 0. The molecule has 0 amide bonds. The molecule has 0 fully saturated rings. The summed E-state index contributed by atoms with van der Waals surface area (Å²) in [5, 5.41) is 8.54. The first-order valence-corrected chi connectivity index (χ1v) is 6.38. The van der Waals surface area contributed by atoms with Crippen LogP contribution in [0.15, 0.2) is 30.5 Å². The number of hydrazine groups is 1. The molecule has 0 unspecified atom stereocenters. The van der Waals surface area contributed by atoms with Gasteiger partial charge in [0.1, 0.15) is 6.61 Å². The number of nitrogens with two attached hydrogens (primary N) is 1. The Morgan fingerprint density at radius 3 is 2.64 bits per heavy atom. The van der Waals surface area contributed by atoms with E-state index in [0.717, 1.165) is 16.6 Å². The quantitative estimate of drug-likeness (QED) is 0.694. The molecule has 0 spiro atoms. The molecule has 8 heteroatoms. The normalized spacial score (nSPS) is 11.4. The Morgan fingerprint density at radius 2 is 2.05 bits per heavy atom. The van der Waals surface area contributed by atoms with E-state index in [-0.39, 0.29) is 23.7 Å². The minimum Gasteiger partial charge on any atom is -0.472 e. The summed E-state index contributed by atoms with van der Waals surface area (Å²) in [5.74, 6) is 5.76. The molecule has 1 aromatic carbocycles. The van der Waals surface area contributed by atoms with Crippen molar-refractivity contribution in [2.24, 2.45) is 5.84 Å². The molecule has 0 aliphatic carbocycles. The number of halogens is 3. The number of rotatable bonds is 4. The first-order chi connectivity index (χ1) is 10.3. The molecule has 2 rings (SSSR count). The number of aromatic nitrogens is 2. The van der Waals surface area contributed by atoms with Crippen LogP contribution in [0.4, 0.5) is 18.9 Å². The highest BCUT2D eigenvalue weighted by Crippen LogP contribution is 2.36. The average Bonchev–Trinajstić information content (AvgIpc) is 2.43. The summed E-state index contributed by atoms with van der Waals surface area (Å²) in [5.41, 5.74) is 0.187. The molecule has 0 radical (unpaired) electrons. The van der Waals surface area contributed by atoms with E-state index in [9.17, 15) is 13.2 Å². The van der Waals surface area contributed by atoms with Crippen LogP contribution in [-0.4, -0.2) is 17.2 Å². The highest BCUT2D eigenvalue weighted by atomic mass is 19.4. The van der Waals surface area contributed by atoms with Crippen molar-refractivity contribution in [2.45, 2.75) is 19.7 Å². The molecule has 0 aliphatic heterocycles. The van der Waals surface area contributed by atoms with E-state index in [0.29, 0.717) is 0 Å². The Bertz CT molecular complexity index is 659. The van der Waals surface area contributed by atoms with Gasteiger partial charge in [-0.25, -0.2) is 5.84 Å². The van der Waals surface area contributed by atoms with Crippen molar-refractivity contribution in [3.63, 3.8) is 0 Å². The van der Waals surface area contributed by atoms with Gasteiger partial charge < -0.3 is 9.75 Å². The minimum atomic E-state index is -4.50. The van der Waals surface area contributed by atoms with Gasteiger partial charge in [0.2, 0.25) is 5.88 Å². The largest absolute Gasteiger partial charge is 0.472 e. The van der Waals surface area contributed by atoms with Gasteiger partial charge in [0.05, 0.1) is 17.4 Å². The lowest BCUT2D eigenvalue weighted by atomic mass is 10.1. The molecule has 0 bridgehead atoms. The van der Waals surface area contributed by atoms with Crippen LogP contribution in [0.25, 0.3) is 0 Å². The van der Waals surface area contributed by atoms with Crippen molar-refractivity contribution < 1.29 is 17.9 Å². The Balaban J connectivity index is 2.35. The van der Waals surface area contributed by atoms with E-state index in [2.05, 4.69) is 10.2 Å². The van der Waals surface area contributed by atoms with Crippen LogP contribution in [0.3, 0.4) is 0 Å². The molecule has 22 heavy (non-hydrogen) atoms. The van der Waals surface area contributed by atoms with E-state index in [1.807, 2.05) is 0 Å². The Morgan fingerprint density at radius 1 is 1.32 bits per heavy atom. The predicted octanol–water partition coefficient (Wildman–Crippen LogP) is 2.69. The second-order valence-electron chi connectivity index (χ2n) is 4.77. The summed E-state index contributed by atoms with van der Waals surface area (Å²) in [7, 11) is 1.46. The van der Waals surface area contributed by atoms with Crippen molar-refractivity contribution in [1.82, 2.24) is 10.2 Å². The van der Waals surface area contributed by atoms with Gasteiger partial charge in [-0.1, -0.05) is 6.07 Å². The van der Waals surface area contributed by atoms with Gasteiger partial charge in [-0.2, -0.15) is 18.3 Å². The third-order valence-electron chi connectivity index (χ3n) is 2.97. The van der Waals surface area contributed by atoms with Crippen LogP contribution in [0.5, 0.6) is 5.88 Å². The Hall–Kier alpha value is -2.35. The molecule has 2 aromatic rings. The van der Waals surface area contributed by atoms with E-state index in [4.69, 9.17) is 10.6 Å². The van der Waals surface area contributed by atoms with Crippen LogP contribution in [0.1, 0.15) is 16.7 Å². The number of hydrogen-bond acceptors (Lipinski definition) is 5. The fraction of sp³-hybridized carbons (Fsp3) is 0.286. The number of aryl methyl sites for hydroxylation is 1. The highest BCUT2D eigenvalue weighted by Gasteiger charge is 2.34. The zero-order valence-electron chi connectivity index (χ0n) is 12.1. The maximum Gasteiger partial charge on any atom is 0.416 e. The molecule has 0 saturated carbocycles. The smallest absolute Gasteiger partial charge is 0.416 e. The topological polar surface area (TPSA) is 64.3 Å². The molecule has 2 N–H and O–H groups in total. The number of nitrogens with zero attached hydrogens (tertiary/aromatic N) is 3. The SMILES string of the molecule is Cc1cnnc(OCc2c(N(C)N)cccc2C(F)(F)F)c1. The molecule has 0 saturated heterocycles. The molecule has 5 nitrogen and oxygen atoms in total. The lowest BCUT2D eigenvalue weighted by Crippen LogP contribution is -2.27. The fourth-order valence-electron chi connectivity index (χ4n) is 1.98. The minimum absolute atomic E-state index is 0.0525. The standard InChI is InChI=1S/C14H15F3N4O/c1-9-6-13(20-19-7-9)22-8-10-11(14(15,16)17)4-3-5-12(10)21(2)18/h3-7H,8,18H2,1-2H3. The van der Waals surface area contributed by atoms with Gasteiger partial charge >= 0.3 is 6.18 Å². The summed E-state index contributed by atoms with van der Waals surface area (Å²) < 4.78 is 44.8. The predicted molar refractivity (Wildman–Crippen MR) is 75.1 cm³/mol. The molecule has 1 heterocycles. The summed E-state index contributed by atoms with van der Waals surface area (Å²) in [6.45, 7) is 1.47. The lowest BCUT2D eigenvalue weighted by molar-refractivity contribution is -0.138. The van der Waals surface area contributed by atoms with Crippen LogP contribution >= 0.6 is 0 Å². The summed E-state index contributed by atoms with van der Waals surface area (Å²) in [6, 6.07) is 5.38. The Kier molecular flexibility index (Phi) is 4.51. The molecular weight excluding hydrogens is 297 g/mol. The van der Waals surface area contributed by atoms with Crippen molar-refractivity contribution in [3.05, 3.63) is 47.2 Å². The second-order valence-corrected chi connectivity index (χ2v) is 4.77. The first kappa shape index (κ1) is 16.0. The number of alkyl halides is 3. The molecule has 1 aromatic heterocycles. The summed E-state index contributed by atoms with van der Waals surface area (Å²) in [6.07, 6.45) is -2.97. The van der Waals surface area contributed by atoms with E-state index in [1.165, 1.54) is 25.4 Å². The van der Waals surface area contributed by atoms with Crippen molar-refractivity contribution in [3.8, 4) is 5.88 Å². The Labute approximate surface area is 125 Å². The van der Waals surface area contributed by atoms with Gasteiger partial charge in [-0.3, -0.25) is 0 Å². The van der Waals surface area contributed by atoms with Crippen LogP contribution in [-0.2, 0) is 12.8 Å². The van der Waals surface area contributed by atoms with Crippen molar-refractivity contribution in [2.75, 3.05) is 12.1 Å². The van der Waals surface area contributed by atoms with E-state index >= 15 is 0 Å². The van der Waals surface area contributed by atoms with Gasteiger partial charge in [0.15, 0.2) is 0 Å². The van der Waals surface area contributed by atoms with Crippen LogP contribution in [0.2, 0.25) is 0 Å². The van der Waals surface area contributed by atoms with Gasteiger partial charge in [-0.05, 0) is 24.6 Å². The first-order valence-electron chi connectivity index (χ1n) is 6.38. The highest BCUT2D eigenvalue weighted by molar-refractivity contribution is 5.56. The number of hydrogen-bond donors (Lipinski definition) is 1. The van der Waals surface area contributed by atoms with Gasteiger partial charge in [-0.15, -0.1) is 5.10 Å². The van der Waals surface area contributed by atoms with Gasteiger partial charge in [0.25, 0.3) is 0 Å². The van der Waals surface area contributed by atoms with E-state index in [1.54, 1.807) is 13.0 Å². The van der Waals surface area contributed by atoms with Gasteiger partial charge in [0, 0.05) is 18.7 Å². The van der Waals surface area contributed by atoms with Crippen molar-refractivity contribution >= 4 is 5.69 Å². The second kappa shape index (κ2) is 6.18. The molecular formula is C14H15F3N4O. The van der Waals surface area contributed by atoms with E-state index < -0.39 is 11.7 Å². The zero-order chi connectivity index (χ0) is 16.3. The lowest BCUT2D eigenvalue weighted by Gasteiger charge is -2.21. The third-order valence-corrected chi connectivity index (χ3v) is 2.97. The maximum atomic E-state index is 13.1. The molecule has 118 valence electrons. The monoisotopic (exact) mass is 312 g/mol.